The lowest BCUT2D eigenvalue weighted by atomic mass is 10.4. The van der Waals surface area contributed by atoms with Crippen molar-refractivity contribution in [2.24, 2.45) is 0 Å². The van der Waals surface area contributed by atoms with Gasteiger partial charge in [-0.05, 0) is 32.7 Å². The topological polar surface area (TPSA) is 76.0 Å². The molecule has 1 aromatic heterocycles. The molecule has 0 aromatic carbocycles. The van der Waals surface area contributed by atoms with E-state index in [-0.39, 0.29) is 5.03 Å². The van der Waals surface area contributed by atoms with Crippen LogP contribution in [0.1, 0.15) is 26.2 Å². The minimum absolute atomic E-state index is 0.0968. The molecule has 1 aromatic rings. The smallest absolute Gasteiger partial charge is 0.259 e. The van der Waals surface area contributed by atoms with Gasteiger partial charge in [0.25, 0.3) is 10.0 Å². The van der Waals surface area contributed by atoms with Crippen molar-refractivity contribution in [2.45, 2.75) is 43.8 Å². The van der Waals surface area contributed by atoms with Gasteiger partial charge in [0.1, 0.15) is 0 Å². The summed E-state index contributed by atoms with van der Waals surface area (Å²) in [5.74, 6) is 0. The minimum Gasteiger partial charge on any atom is -0.336 e. The van der Waals surface area contributed by atoms with Crippen molar-refractivity contribution in [3.63, 3.8) is 0 Å². The van der Waals surface area contributed by atoms with Crippen LogP contribution in [0.4, 0.5) is 0 Å². The van der Waals surface area contributed by atoms with Crippen LogP contribution in [0.15, 0.2) is 17.6 Å². The minimum atomic E-state index is -3.44. The maximum absolute atomic E-state index is 11.9. The zero-order valence-corrected chi connectivity index (χ0v) is 11.4. The second-order valence-corrected chi connectivity index (χ2v) is 6.24. The van der Waals surface area contributed by atoms with Crippen LogP contribution in [0.25, 0.3) is 0 Å². The van der Waals surface area contributed by atoms with Crippen LogP contribution < -0.4 is 10.0 Å². The Morgan fingerprint density at radius 3 is 2.83 bits per heavy atom. The molecule has 6 nitrogen and oxygen atoms in total. The number of nitrogens with one attached hydrogen (secondary N) is 2. The van der Waals surface area contributed by atoms with Crippen LogP contribution in [0, 0.1) is 0 Å². The third-order valence-corrected chi connectivity index (χ3v) is 4.25. The highest BCUT2D eigenvalue weighted by Crippen LogP contribution is 2.18. The van der Waals surface area contributed by atoms with E-state index in [1.54, 1.807) is 10.8 Å². The Kier molecular flexibility index (Phi) is 4.36. The van der Waals surface area contributed by atoms with Gasteiger partial charge in [-0.3, -0.25) is 0 Å². The summed E-state index contributed by atoms with van der Waals surface area (Å²) in [5.41, 5.74) is 0. The van der Waals surface area contributed by atoms with Crippen molar-refractivity contribution in [2.75, 3.05) is 13.1 Å². The average molecular weight is 272 g/mol. The predicted octanol–water partition coefficient (Wildman–Crippen LogP) is 0.323. The monoisotopic (exact) mass is 272 g/mol. The highest BCUT2D eigenvalue weighted by molar-refractivity contribution is 7.89. The van der Waals surface area contributed by atoms with Crippen LogP contribution in [0.5, 0.6) is 0 Å². The van der Waals surface area contributed by atoms with E-state index < -0.39 is 10.0 Å². The first kappa shape index (κ1) is 13.5. The Balaban J connectivity index is 1.75. The molecule has 0 bridgehead atoms. The molecule has 0 amide bonds. The van der Waals surface area contributed by atoms with Gasteiger partial charge in [-0.25, -0.2) is 18.1 Å². The molecule has 18 heavy (non-hydrogen) atoms. The standard InChI is InChI=1S/C11H20N4O2S/c1-2-15-8-11(13-9-15)18(16,17)14-7-3-6-12-10-4-5-10/h8-10,12,14H,2-7H2,1H3. The summed E-state index contributed by atoms with van der Waals surface area (Å²) >= 11 is 0. The molecule has 0 unspecified atom stereocenters. The van der Waals surface area contributed by atoms with Crippen LogP contribution >= 0.6 is 0 Å². The first-order valence-electron chi connectivity index (χ1n) is 6.36. The molecule has 102 valence electrons. The van der Waals surface area contributed by atoms with Crippen molar-refractivity contribution in [1.82, 2.24) is 19.6 Å². The molecule has 0 spiro atoms. The van der Waals surface area contributed by atoms with E-state index in [1.165, 1.54) is 19.2 Å². The molecule has 1 aliphatic rings. The lowest BCUT2D eigenvalue weighted by Crippen LogP contribution is -2.28. The van der Waals surface area contributed by atoms with Crippen molar-refractivity contribution >= 4 is 10.0 Å². The van der Waals surface area contributed by atoms with Gasteiger partial charge >= 0.3 is 0 Å². The normalized spacial score (nSPS) is 16.1. The number of hydrogen-bond acceptors (Lipinski definition) is 4. The zero-order chi connectivity index (χ0) is 13.0. The summed E-state index contributed by atoms with van der Waals surface area (Å²) in [4.78, 5) is 3.89. The Hall–Kier alpha value is -0.920. The highest BCUT2D eigenvalue weighted by atomic mass is 32.2. The second kappa shape index (κ2) is 5.81. The van der Waals surface area contributed by atoms with E-state index in [1.807, 2.05) is 6.92 Å². The maximum Gasteiger partial charge on any atom is 0.259 e. The largest absolute Gasteiger partial charge is 0.336 e. The molecule has 2 rings (SSSR count). The first-order chi connectivity index (χ1) is 8.62. The van der Waals surface area contributed by atoms with Crippen molar-refractivity contribution in [3.8, 4) is 0 Å². The molecule has 7 heteroatoms. The van der Waals surface area contributed by atoms with Gasteiger partial charge in [0, 0.05) is 25.3 Å². The fourth-order valence-corrected chi connectivity index (χ4v) is 2.63. The van der Waals surface area contributed by atoms with Crippen molar-refractivity contribution in [1.29, 1.82) is 0 Å². The summed E-state index contributed by atoms with van der Waals surface area (Å²) in [7, 11) is -3.44. The molecule has 1 saturated carbocycles. The van der Waals surface area contributed by atoms with E-state index in [4.69, 9.17) is 0 Å². The highest BCUT2D eigenvalue weighted by Gasteiger charge is 2.20. The maximum atomic E-state index is 11.9. The predicted molar refractivity (Wildman–Crippen MR) is 68.7 cm³/mol. The van der Waals surface area contributed by atoms with Crippen molar-refractivity contribution in [3.05, 3.63) is 12.5 Å². The second-order valence-electron chi connectivity index (χ2n) is 4.52. The molecule has 1 aliphatic carbocycles. The summed E-state index contributed by atoms with van der Waals surface area (Å²) in [5, 5.41) is 3.44. The molecule has 0 atom stereocenters. The SMILES string of the molecule is CCn1cnc(S(=O)(=O)NCCCNC2CC2)c1. The fraction of sp³-hybridized carbons (Fsp3) is 0.727. The van der Waals surface area contributed by atoms with Gasteiger partial charge in [0.05, 0.1) is 6.33 Å². The summed E-state index contributed by atoms with van der Waals surface area (Å²) in [6.45, 7) is 3.96. The van der Waals surface area contributed by atoms with E-state index in [0.29, 0.717) is 19.1 Å². The molecule has 2 N–H and O–H groups in total. The third-order valence-electron chi connectivity index (χ3n) is 2.91. The quantitative estimate of drug-likeness (QED) is 0.668. The number of imidazole rings is 1. The van der Waals surface area contributed by atoms with Crippen LogP contribution in [-0.2, 0) is 16.6 Å². The van der Waals surface area contributed by atoms with E-state index >= 15 is 0 Å². The van der Waals surface area contributed by atoms with Gasteiger partial charge in [-0.1, -0.05) is 0 Å². The van der Waals surface area contributed by atoms with Crippen molar-refractivity contribution < 1.29 is 8.42 Å². The Labute approximate surface area is 108 Å². The van der Waals surface area contributed by atoms with Crippen LogP contribution in [0.2, 0.25) is 0 Å². The molecular formula is C11H20N4O2S. The van der Waals surface area contributed by atoms with Gasteiger partial charge in [0.2, 0.25) is 0 Å². The Morgan fingerprint density at radius 2 is 2.22 bits per heavy atom. The van der Waals surface area contributed by atoms with E-state index in [2.05, 4.69) is 15.0 Å². The molecular weight excluding hydrogens is 252 g/mol. The zero-order valence-electron chi connectivity index (χ0n) is 10.6. The van der Waals surface area contributed by atoms with Crippen LogP contribution in [0.3, 0.4) is 0 Å². The van der Waals surface area contributed by atoms with Gasteiger partial charge < -0.3 is 9.88 Å². The molecule has 0 aliphatic heterocycles. The number of rotatable bonds is 8. The number of aryl methyl sites for hydroxylation is 1. The molecule has 0 radical (unpaired) electrons. The Morgan fingerprint density at radius 1 is 1.44 bits per heavy atom. The average Bonchev–Trinajstić information content (AvgIpc) is 3.03. The van der Waals surface area contributed by atoms with E-state index in [9.17, 15) is 8.42 Å². The molecule has 1 heterocycles. The van der Waals surface area contributed by atoms with Gasteiger partial charge in [-0.2, -0.15) is 0 Å². The third kappa shape index (κ3) is 3.79. The van der Waals surface area contributed by atoms with Gasteiger partial charge in [0.15, 0.2) is 5.03 Å². The van der Waals surface area contributed by atoms with Crippen LogP contribution in [-0.4, -0.2) is 37.1 Å². The summed E-state index contributed by atoms with van der Waals surface area (Å²) in [6.07, 6.45) is 6.37. The van der Waals surface area contributed by atoms with E-state index in [0.717, 1.165) is 13.0 Å². The molecule has 0 saturated heterocycles. The Bertz CT molecular complexity index is 479. The number of sulfonamides is 1. The number of nitrogens with zero attached hydrogens (tertiary/aromatic N) is 2. The summed E-state index contributed by atoms with van der Waals surface area (Å²) in [6, 6.07) is 0.668. The summed E-state index contributed by atoms with van der Waals surface area (Å²) < 4.78 is 28.0. The fourth-order valence-electron chi connectivity index (χ4n) is 1.61. The lowest BCUT2D eigenvalue weighted by molar-refractivity contribution is 0.570. The molecule has 1 fully saturated rings. The van der Waals surface area contributed by atoms with Gasteiger partial charge in [-0.15, -0.1) is 0 Å². The first-order valence-corrected chi connectivity index (χ1v) is 7.85. The lowest BCUT2D eigenvalue weighted by Gasteiger charge is -2.05. The number of aromatic nitrogens is 2. The number of hydrogen-bond donors (Lipinski definition) is 2.